The van der Waals surface area contributed by atoms with Crippen LogP contribution in [-0.2, 0) is 14.8 Å². The van der Waals surface area contributed by atoms with E-state index in [1.165, 1.54) is 0 Å². The summed E-state index contributed by atoms with van der Waals surface area (Å²) in [5.41, 5.74) is 0.961. The van der Waals surface area contributed by atoms with Crippen LogP contribution in [0.5, 0.6) is 0 Å². The average molecular weight is 487 g/mol. The molecule has 156 valence electrons. The number of nitrogens with zero attached hydrogens (tertiary/aromatic N) is 1. The van der Waals surface area contributed by atoms with E-state index in [1.54, 1.807) is 0 Å². The molecule has 1 fully saturated rings. The first-order chi connectivity index (χ1) is 13.7. The van der Waals surface area contributed by atoms with Crippen LogP contribution in [0.25, 0.3) is 0 Å². The zero-order chi connectivity index (χ0) is 21.2. The van der Waals surface area contributed by atoms with Gasteiger partial charge in [-0.3, -0.25) is 4.79 Å². The Kier molecular flexibility index (Phi) is 6.70. The third-order valence-corrected chi connectivity index (χ3v) is 7.51. The highest BCUT2D eigenvalue weighted by atomic mass is 79.9. The third-order valence-electron chi connectivity index (χ3n) is 5.06. The summed E-state index contributed by atoms with van der Waals surface area (Å²) in [6.07, 6.45) is 0.629. The molecule has 1 atom stereocenters. The quantitative estimate of drug-likeness (QED) is 0.694. The maximum Gasteiger partial charge on any atom is 0.246 e. The second-order valence-electron chi connectivity index (χ2n) is 7.03. The highest BCUT2D eigenvalue weighted by Gasteiger charge is 2.34. The fraction of sp³-hybridized carbons (Fsp3) is 0.350. The number of rotatable bonds is 5. The van der Waals surface area contributed by atoms with Crippen LogP contribution in [0.2, 0.25) is 0 Å². The van der Waals surface area contributed by atoms with E-state index in [2.05, 4.69) is 21.2 Å². The molecule has 0 spiro atoms. The summed E-state index contributed by atoms with van der Waals surface area (Å²) >= 11 is 3.37. The highest BCUT2D eigenvalue weighted by Crippen LogP contribution is 2.27. The van der Waals surface area contributed by atoms with Gasteiger partial charge in [0.25, 0.3) is 0 Å². The summed E-state index contributed by atoms with van der Waals surface area (Å²) in [7, 11) is -4.15. The summed E-state index contributed by atoms with van der Waals surface area (Å²) in [4.78, 5) is 11.9. The number of halogens is 3. The van der Waals surface area contributed by atoms with Gasteiger partial charge in [-0.05, 0) is 55.7 Å². The Bertz CT molecular complexity index is 991. The van der Waals surface area contributed by atoms with E-state index < -0.39 is 26.6 Å². The molecule has 2 aromatic rings. The van der Waals surface area contributed by atoms with Crippen LogP contribution in [0.4, 0.5) is 8.78 Å². The van der Waals surface area contributed by atoms with Crippen molar-refractivity contribution in [1.82, 2.24) is 9.62 Å². The molecule has 3 rings (SSSR count). The predicted molar refractivity (Wildman–Crippen MR) is 109 cm³/mol. The molecule has 1 saturated heterocycles. The Morgan fingerprint density at radius 3 is 2.38 bits per heavy atom. The lowest BCUT2D eigenvalue weighted by Crippen LogP contribution is -2.43. The topological polar surface area (TPSA) is 66.5 Å². The summed E-state index contributed by atoms with van der Waals surface area (Å²) in [6, 6.07) is 9.79. The second kappa shape index (κ2) is 8.89. The molecular weight excluding hydrogens is 466 g/mol. The molecule has 1 heterocycles. The maximum atomic E-state index is 13.9. The van der Waals surface area contributed by atoms with Crippen LogP contribution < -0.4 is 5.32 Å². The van der Waals surface area contributed by atoms with Gasteiger partial charge in [-0.2, -0.15) is 4.31 Å². The minimum atomic E-state index is -4.15. The number of piperidine rings is 1. The van der Waals surface area contributed by atoms with Gasteiger partial charge in [0, 0.05) is 23.5 Å². The molecule has 1 aliphatic heterocycles. The summed E-state index contributed by atoms with van der Waals surface area (Å²) < 4.78 is 54.6. The van der Waals surface area contributed by atoms with Gasteiger partial charge in [0.15, 0.2) is 0 Å². The van der Waals surface area contributed by atoms with Gasteiger partial charge in [-0.1, -0.05) is 28.1 Å². The first kappa shape index (κ1) is 21.9. The Morgan fingerprint density at radius 1 is 1.14 bits per heavy atom. The van der Waals surface area contributed by atoms with Crippen LogP contribution >= 0.6 is 15.9 Å². The lowest BCUT2D eigenvalue weighted by atomic mass is 9.96. The molecule has 29 heavy (non-hydrogen) atoms. The van der Waals surface area contributed by atoms with Gasteiger partial charge in [-0.15, -0.1) is 0 Å². The van der Waals surface area contributed by atoms with E-state index in [-0.39, 0.29) is 31.0 Å². The number of amides is 1. The molecule has 1 amide bonds. The van der Waals surface area contributed by atoms with E-state index in [1.807, 2.05) is 31.2 Å². The van der Waals surface area contributed by atoms with Gasteiger partial charge in [0.2, 0.25) is 15.9 Å². The van der Waals surface area contributed by atoms with Crippen molar-refractivity contribution < 1.29 is 22.0 Å². The van der Waals surface area contributed by atoms with Gasteiger partial charge < -0.3 is 5.32 Å². The largest absolute Gasteiger partial charge is 0.349 e. The number of benzene rings is 2. The smallest absolute Gasteiger partial charge is 0.246 e. The molecular formula is C20H21BrF2N2O3S. The van der Waals surface area contributed by atoms with Crippen molar-refractivity contribution in [2.45, 2.75) is 30.7 Å². The molecule has 0 bridgehead atoms. The Balaban J connectivity index is 1.61. The summed E-state index contributed by atoms with van der Waals surface area (Å²) in [5.74, 6) is -2.29. The molecule has 0 radical (unpaired) electrons. The van der Waals surface area contributed by atoms with Gasteiger partial charge in [-0.25, -0.2) is 17.2 Å². The zero-order valence-corrected chi connectivity index (χ0v) is 18.1. The summed E-state index contributed by atoms with van der Waals surface area (Å²) in [6.45, 7) is 2.03. The number of hydrogen-bond acceptors (Lipinski definition) is 3. The van der Waals surface area contributed by atoms with Crippen molar-refractivity contribution in [3.8, 4) is 0 Å². The van der Waals surface area contributed by atoms with Crippen molar-refractivity contribution in [1.29, 1.82) is 0 Å². The van der Waals surface area contributed by atoms with E-state index in [0.717, 1.165) is 26.5 Å². The number of carbonyl (C=O) groups excluding carboxylic acids is 1. The average Bonchev–Trinajstić information content (AvgIpc) is 2.70. The van der Waals surface area contributed by atoms with Crippen molar-refractivity contribution >= 4 is 31.9 Å². The van der Waals surface area contributed by atoms with E-state index in [4.69, 9.17) is 0 Å². The van der Waals surface area contributed by atoms with Crippen molar-refractivity contribution in [2.75, 3.05) is 13.1 Å². The number of hydrogen-bond donors (Lipinski definition) is 1. The molecule has 1 unspecified atom stereocenters. The Labute approximate surface area is 177 Å². The standard InChI is InChI=1S/C20H21BrF2N2O3S/c1-13(14-2-4-16(21)5-3-14)24-20(26)15-8-10-25(11-9-15)29(27,28)19-12-17(22)6-7-18(19)23/h2-7,12-13,15H,8-11H2,1H3,(H,24,26). The molecule has 0 aromatic heterocycles. The lowest BCUT2D eigenvalue weighted by molar-refractivity contribution is -0.126. The monoisotopic (exact) mass is 486 g/mol. The highest BCUT2D eigenvalue weighted by molar-refractivity contribution is 9.10. The van der Waals surface area contributed by atoms with Crippen molar-refractivity contribution in [2.24, 2.45) is 5.92 Å². The van der Waals surface area contributed by atoms with Crippen LogP contribution in [0.3, 0.4) is 0 Å². The van der Waals surface area contributed by atoms with Gasteiger partial charge >= 0.3 is 0 Å². The molecule has 1 aliphatic rings. The van der Waals surface area contributed by atoms with Crippen molar-refractivity contribution in [3.63, 3.8) is 0 Å². The van der Waals surface area contributed by atoms with E-state index >= 15 is 0 Å². The fourth-order valence-corrected chi connectivity index (χ4v) is 5.15. The second-order valence-corrected chi connectivity index (χ2v) is 9.86. The molecule has 9 heteroatoms. The number of sulfonamides is 1. The maximum absolute atomic E-state index is 13.9. The molecule has 0 aliphatic carbocycles. The van der Waals surface area contributed by atoms with Crippen LogP contribution in [-0.4, -0.2) is 31.7 Å². The molecule has 0 saturated carbocycles. The third kappa shape index (κ3) is 5.02. The summed E-state index contributed by atoms with van der Waals surface area (Å²) in [5, 5.41) is 2.96. The first-order valence-electron chi connectivity index (χ1n) is 9.19. The normalized spacial score (nSPS) is 17.1. The fourth-order valence-electron chi connectivity index (χ4n) is 3.34. The zero-order valence-electron chi connectivity index (χ0n) is 15.7. The molecule has 2 aromatic carbocycles. The predicted octanol–water partition coefficient (Wildman–Crippen LogP) is 4.01. The first-order valence-corrected chi connectivity index (χ1v) is 11.4. The Hall–Kier alpha value is -1.84. The van der Waals surface area contributed by atoms with E-state index in [0.29, 0.717) is 18.9 Å². The number of carbonyl (C=O) groups is 1. The van der Waals surface area contributed by atoms with Gasteiger partial charge in [0.05, 0.1) is 6.04 Å². The minimum Gasteiger partial charge on any atom is -0.349 e. The Morgan fingerprint density at radius 2 is 1.76 bits per heavy atom. The lowest BCUT2D eigenvalue weighted by Gasteiger charge is -2.31. The molecule has 1 N–H and O–H groups in total. The number of nitrogens with one attached hydrogen (secondary N) is 1. The minimum absolute atomic E-state index is 0.0725. The molecule has 5 nitrogen and oxygen atoms in total. The van der Waals surface area contributed by atoms with Crippen LogP contribution in [0.15, 0.2) is 51.8 Å². The SMILES string of the molecule is CC(NC(=O)C1CCN(S(=O)(=O)c2cc(F)ccc2F)CC1)c1ccc(Br)cc1. The van der Waals surface area contributed by atoms with E-state index in [9.17, 15) is 22.0 Å². The van der Waals surface area contributed by atoms with Crippen molar-refractivity contribution in [3.05, 3.63) is 64.1 Å². The van der Waals surface area contributed by atoms with Gasteiger partial charge in [0.1, 0.15) is 16.5 Å². The van der Waals surface area contributed by atoms with Crippen LogP contribution in [0.1, 0.15) is 31.4 Å². The van der Waals surface area contributed by atoms with Crippen LogP contribution in [0, 0.1) is 17.6 Å².